The van der Waals surface area contributed by atoms with Crippen LogP contribution < -0.4 is 10.2 Å². The molecule has 2 amide bonds. The van der Waals surface area contributed by atoms with Crippen molar-refractivity contribution in [1.82, 2.24) is 5.32 Å². The number of nitrogens with one attached hydrogen (secondary N) is 1. The zero-order valence-corrected chi connectivity index (χ0v) is 12.4. The molecule has 0 aliphatic carbocycles. The number of rotatable bonds is 3. The zero-order chi connectivity index (χ0) is 16.2. The molecule has 1 atom stereocenters. The Morgan fingerprint density at radius 1 is 1.13 bits per heavy atom. The van der Waals surface area contributed by atoms with E-state index in [9.17, 15) is 9.59 Å². The third kappa shape index (κ3) is 3.06. The number of carbonyl (C=O) groups is 2. The summed E-state index contributed by atoms with van der Waals surface area (Å²) >= 11 is 0. The lowest BCUT2D eigenvalue weighted by molar-refractivity contribution is -0.118. The van der Waals surface area contributed by atoms with Gasteiger partial charge in [0.2, 0.25) is 5.91 Å². The number of nitrogens with zero attached hydrogens (tertiary/aromatic N) is 2. The molecule has 0 radical (unpaired) electrons. The van der Waals surface area contributed by atoms with Gasteiger partial charge in [0.1, 0.15) is 6.04 Å². The summed E-state index contributed by atoms with van der Waals surface area (Å²) in [6, 6.07) is 17.2. The molecule has 114 valence electrons. The molecule has 0 unspecified atom stereocenters. The van der Waals surface area contributed by atoms with Crippen LogP contribution in [0.1, 0.15) is 22.3 Å². The summed E-state index contributed by atoms with van der Waals surface area (Å²) in [5.74, 6) is -0.402. The zero-order valence-electron chi connectivity index (χ0n) is 12.4. The Bertz CT molecular complexity index is 763. The van der Waals surface area contributed by atoms with Crippen LogP contribution in [0.3, 0.4) is 0 Å². The first-order valence-corrected chi connectivity index (χ1v) is 7.36. The summed E-state index contributed by atoms with van der Waals surface area (Å²) < 4.78 is 0. The molecular formula is C18H15N3O2. The van der Waals surface area contributed by atoms with Crippen molar-refractivity contribution >= 4 is 17.5 Å². The Hall–Kier alpha value is -3.13. The lowest BCUT2D eigenvalue weighted by Gasteiger charge is -2.17. The molecule has 2 aromatic carbocycles. The highest BCUT2D eigenvalue weighted by Crippen LogP contribution is 2.21. The fourth-order valence-corrected chi connectivity index (χ4v) is 2.62. The van der Waals surface area contributed by atoms with Gasteiger partial charge in [-0.25, -0.2) is 0 Å². The Morgan fingerprint density at radius 2 is 1.83 bits per heavy atom. The first-order valence-electron chi connectivity index (χ1n) is 7.36. The molecule has 0 saturated carbocycles. The molecule has 0 aromatic heterocycles. The van der Waals surface area contributed by atoms with Crippen LogP contribution in [0.2, 0.25) is 0 Å². The normalized spacial score (nSPS) is 16.9. The highest BCUT2D eigenvalue weighted by Gasteiger charge is 2.33. The largest absolute Gasteiger partial charge is 0.340 e. The third-order valence-corrected chi connectivity index (χ3v) is 3.85. The second-order valence-corrected chi connectivity index (χ2v) is 5.33. The number of hydrogen-bond acceptors (Lipinski definition) is 3. The second kappa shape index (κ2) is 6.32. The molecule has 1 aliphatic rings. The van der Waals surface area contributed by atoms with Crippen molar-refractivity contribution in [3.63, 3.8) is 0 Å². The van der Waals surface area contributed by atoms with Crippen molar-refractivity contribution in [2.45, 2.75) is 12.5 Å². The predicted octanol–water partition coefficient (Wildman–Crippen LogP) is 2.09. The SMILES string of the molecule is N#Cc1ccc(C(=O)N[C@H]2CCN(c3ccccc3)C2=O)cc1. The van der Waals surface area contributed by atoms with Gasteiger partial charge in [-0.3, -0.25) is 9.59 Å². The molecule has 3 rings (SSSR count). The van der Waals surface area contributed by atoms with E-state index in [1.807, 2.05) is 36.4 Å². The molecule has 2 aromatic rings. The van der Waals surface area contributed by atoms with Gasteiger partial charge in [0.15, 0.2) is 0 Å². The van der Waals surface area contributed by atoms with Crippen molar-refractivity contribution in [3.8, 4) is 6.07 Å². The average Bonchev–Trinajstić information content (AvgIpc) is 2.96. The number of amides is 2. The van der Waals surface area contributed by atoms with Crippen LogP contribution in [0.25, 0.3) is 0 Å². The Labute approximate surface area is 134 Å². The van der Waals surface area contributed by atoms with Crippen LogP contribution in [-0.2, 0) is 4.79 Å². The van der Waals surface area contributed by atoms with Gasteiger partial charge in [0.05, 0.1) is 11.6 Å². The number of hydrogen-bond donors (Lipinski definition) is 1. The van der Waals surface area contributed by atoms with E-state index in [-0.39, 0.29) is 11.8 Å². The lowest BCUT2D eigenvalue weighted by atomic mass is 10.1. The highest BCUT2D eigenvalue weighted by molar-refractivity contribution is 6.03. The maximum absolute atomic E-state index is 12.4. The van der Waals surface area contributed by atoms with Crippen LogP contribution in [0, 0.1) is 11.3 Å². The van der Waals surface area contributed by atoms with Gasteiger partial charge in [-0.2, -0.15) is 5.26 Å². The van der Waals surface area contributed by atoms with Gasteiger partial charge in [-0.15, -0.1) is 0 Å². The quantitative estimate of drug-likeness (QED) is 0.943. The minimum absolute atomic E-state index is 0.0989. The van der Waals surface area contributed by atoms with E-state index < -0.39 is 6.04 Å². The molecule has 1 aliphatic heterocycles. The first-order chi connectivity index (χ1) is 11.2. The van der Waals surface area contributed by atoms with Gasteiger partial charge < -0.3 is 10.2 Å². The highest BCUT2D eigenvalue weighted by atomic mass is 16.2. The van der Waals surface area contributed by atoms with Crippen LogP contribution >= 0.6 is 0 Å². The van der Waals surface area contributed by atoms with Crippen LogP contribution in [0.15, 0.2) is 54.6 Å². The van der Waals surface area contributed by atoms with E-state index in [4.69, 9.17) is 5.26 Å². The molecule has 1 N–H and O–H groups in total. The third-order valence-electron chi connectivity index (χ3n) is 3.85. The minimum atomic E-state index is -0.515. The monoisotopic (exact) mass is 305 g/mol. The Balaban J connectivity index is 1.68. The summed E-state index contributed by atoms with van der Waals surface area (Å²) in [6.45, 7) is 0.584. The van der Waals surface area contributed by atoms with E-state index in [0.29, 0.717) is 24.1 Å². The van der Waals surface area contributed by atoms with E-state index in [2.05, 4.69) is 5.32 Å². The van der Waals surface area contributed by atoms with Crippen molar-refractivity contribution in [3.05, 3.63) is 65.7 Å². The second-order valence-electron chi connectivity index (χ2n) is 5.33. The van der Waals surface area contributed by atoms with Crippen LogP contribution in [-0.4, -0.2) is 24.4 Å². The molecule has 23 heavy (non-hydrogen) atoms. The summed E-state index contributed by atoms with van der Waals surface area (Å²) in [4.78, 5) is 26.3. The predicted molar refractivity (Wildman–Crippen MR) is 85.8 cm³/mol. The van der Waals surface area contributed by atoms with E-state index in [1.165, 1.54) is 0 Å². The van der Waals surface area contributed by atoms with Crippen LogP contribution in [0.4, 0.5) is 5.69 Å². The van der Waals surface area contributed by atoms with E-state index >= 15 is 0 Å². The number of nitriles is 1. The first kappa shape index (κ1) is 14.8. The smallest absolute Gasteiger partial charge is 0.251 e. The molecule has 1 fully saturated rings. The molecule has 1 saturated heterocycles. The van der Waals surface area contributed by atoms with Crippen LogP contribution in [0.5, 0.6) is 0 Å². The van der Waals surface area contributed by atoms with Crippen molar-refractivity contribution < 1.29 is 9.59 Å². The maximum atomic E-state index is 12.4. The van der Waals surface area contributed by atoms with Crippen molar-refractivity contribution in [2.75, 3.05) is 11.4 Å². The number of carbonyl (C=O) groups excluding carboxylic acids is 2. The van der Waals surface area contributed by atoms with Gasteiger partial charge in [-0.1, -0.05) is 18.2 Å². The number of anilines is 1. The molecule has 0 bridgehead atoms. The van der Waals surface area contributed by atoms with Crippen molar-refractivity contribution in [2.24, 2.45) is 0 Å². The van der Waals surface area contributed by atoms with Gasteiger partial charge >= 0.3 is 0 Å². The standard InChI is InChI=1S/C18H15N3O2/c19-12-13-6-8-14(9-7-13)17(22)20-16-10-11-21(18(16)23)15-4-2-1-3-5-15/h1-9,16H,10-11H2,(H,20,22)/t16-/m0/s1. The summed E-state index contributed by atoms with van der Waals surface area (Å²) in [6.07, 6.45) is 0.579. The maximum Gasteiger partial charge on any atom is 0.251 e. The van der Waals surface area contributed by atoms with Gasteiger partial charge in [-0.05, 0) is 42.8 Å². The topological polar surface area (TPSA) is 73.2 Å². The van der Waals surface area contributed by atoms with Gasteiger partial charge in [0.25, 0.3) is 5.91 Å². The van der Waals surface area contributed by atoms with E-state index in [1.54, 1.807) is 29.2 Å². The Morgan fingerprint density at radius 3 is 2.48 bits per heavy atom. The molecule has 5 nitrogen and oxygen atoms in total. The fourth-order valence-electron chi connectivity index (χ4n) is 2.62. The molecule has 0 spiro atoms. The van der Waals surface area contributed by atoms with E-state index in [0.717, 1.165) is 5.69 Å². The summed E-state index contributed by atoms with van der Waals surface area (Å²) in [5.41, 5.74) is 1.77. The average molecular weight is 305 g/mol. The van der Waals surface area contributed by atoms with Gasteiger partial charge in [0, 0.05) is 17.8 Å². The minimum Gasteiger partial charge on any atom is -0.340 e. The molecular weight excluding hydrogens is 290 g/mol. The Kier molecular flexibility index (Phi) is 4.07. The summed E-state index contributed by atoms with van der Waals surface area (Å²) in [7, 11) is 0. The van der Waals surface area contributed by atoms with Crippen molar-refractivity contribution in [1.29, 1.82) is 5.26 Å². The molecule has 5 heteroatoms. The number of benzene rings is 2. The summed E-state index contributed by atoms with van der Waals surface area (Å²) in [5, 5.41) is 11.5. The molecule has 1 heterocycles. The number of para-hydroxylation sites is 1. The fraction of sp³-hybridized carbons (Fsp3) is 0.167. The lowest BCUT2D eigenvalue weighted by Crippen LogP contribution is -2.41.